The summed E-state index contributed by atoms with van der Waals surface area (Å²) in [5, 5.41) is 11.0. The fraction of sp³-hybridized carbons (Fsp3) is 0.182. The molecule has 0 fully saturated rings. The van der Waals surface area contributed by atoms with E-state index in [1.165, 1.54) is 0 Å². The minimum absolute atomic E-state index is 0.00247. The van der Waals surface area contributed by atoms with Crippen molar-refractivity contribution in [3.05, 3.63) is 36.0 Å². The van der Waals surface area contributed by atoms with Gasteiger partial charge < -0.3 is 9.84 Å². The molecule has 2 rings (SSSR count). The van der Waals surface area contributed by atoms with Crippen molar-refractivity contribution in [1.29, 1.82) is 0 Å². The summed E-state index contributed by atoms with van der Waals surface area (Å²) in [5.74, 6) is 0.595. The lowest BCUT2D eigenvalue weighted by molar-refractivity contribution is 0.282. The normalized spacial score (nSPS) is 10.4. The molecule has 0 aliphatic carbocycles. The molecular formula is C11H11NO2. The molecule has 0 radical (unpaired) electrons. The standard InChI is InChI=1S/C11H11NO2/c1-14-11-10-5-3-2-4-9(10)8(7-13)6-12-11/h2-6,13H,7H2,1H3. The lowest BCUT2D eigenvalue weighted by atomic mass is 10.1. The third-order valence-corrected chi connectivity index (χ3v) is 2.20. The Bertz CT molecular complexity index is 411. The second kappa shape index (κ2) is 3.64. The second-order valence-corrected chi connectivity index (χ2v) is 3.00. The molecule has 0 atom stereocenters. The molecule has 0 amide bonds. The van der Waals surface area contributed by atoms with Crippen molar-refractivity contribution in [2.45, 2.75) is 6.61 Å². The van der Waals surface area contributed by atoms with Crippen LogP contribution in [-0.2, 0) is 6.61 Å². The Morgan fingerprint density at radius 1 is 1.29 bits per heavy atom. The maximum atomic E-state index is 9.12. The highest BCUT2D eigenvalue weighted by atomic mass is 16.5. The predicted octanol–water partition coefficient (Wildman–Crippen LogP) is 1.74. The molecule has 0 bridgehead atoms. The van der Waals surface area contributed by atoms with Gasteiger partial charge in [0.1, 0.15) is 0 Å². The number of aliphatic hydroxyl groups is 1. The van der Waals surface area contributed by atoms with Gasteiger partial charge >= 0.3 is 0 Å². The van der Waals surface area contributed by atoms with Gasteiger partial charge in [-0.1, -0.05) is 18.2 Å². The first-order chi connectivity index (χ1) is 6.86. The Labute approximate surface area is 82.0 Å². The zero-order valence-electron chi connectivity index (χ0n) is 7.90. The molecule has 1 N–H and O–H groups in total. The summed E-state index contributed by atoms with van der Waals surface area (Å²) >= 11 is 0. The molecule has 72 valence electrons. The largest absolute Gasteiger partial charge is 0.481 e. The molecule has 0 unspecified atom stereocenters. The molecule has 0 saturated carbocycles. The molecule has 0 aliphatic rings. The van der Waals surface area contributed by atoms with E-state index in [2.05, 4.69) is 4.98 Å². The highest BCUT2D eigenvalue weighted by Gasteiger charge is 2.05. The number of methoxy groups -OCH3 is 1. The van der Waals surface area contributed by atoms with Gasteiger partial charge in [-0.05, 0) is 11.5 Å². The van der Waals surface area contributed by atoms with E-state index in [4.69, 9.17) is 9.84 Å². The van der Waals surface area contributed by atoms with Crippen LogP contribution in [0.15, 0.2) is 30.5 Å². The Hall–Kier alpha value is -1.61. The molecule has 1 heterocycles. The van der Waals surface area contributed by atoms with Crippen molar-refractivity contribution < 1.29 is 9.84 Å². The number of nitrogens with zero attached hydrogens (tertiary/aromatic N) is 1. The van der Waals surface area contributed by atoms with Crippen LogP contribution in [-0.4, -0.2) is 17.2 Å². The van der Waals surface area contributed by atoms with Crippen LogP contribution in [0.5, 0.6) is 5.88 Å². The number of rotatable bonds is 2. The number of benzene rings is 1. The van der Waals surface area contributed by atoms with Gasteiger partial charge in [0, 0.05) is 17.1 Å². The topological polar surface area (TPSA) is 42.4 Å². The van der Waals surface area contributed by atoms with E-state index in [1.54, 1.807) is 13.3 Å². The van der Waals surface area contributed by atoms with Crippen molar-refractivity contribution in [1.82, 2.24) is 4.98 Å². The number of aromatic nitrogens is 1. The smallest absolute Gasteiger partial charge is 0.221 e. The molecule has 1 aromatic carbocycles. The van der Waals surface area contributed by atoms with Gasteiger partial charge in [-0.2, -0.15) is 0 Å². The number of aliphatic hydroxyl groups excluding tert-OH is 1. The van der Waals surface area contributed by atoms with Crippen LogP contribution >= 0.6 is 0 Å². The van der Waals surface area contributed by atoms with Crippen molar-refractivity contribution in [3.63, 3.8) is 0 Å². The first kappa shape index (κ1) is 8.97. The van der Waals surface area contributed by atoms with Crippen LogP contribution in [0, 0.1) is 0 Å². The van der Waals surface area contributed by atoms with Crippen LogP contribution in [0.1, 0.15) is 5.56 Å². The summed E-state index contributed by atoms with van der Waals surface area (Å²) in [6, 6.07) is 7.74. The molecule has 14 heavy (non-hydrogen) atoms. The molecule has 0 spiro atoms. The Balaban J connectivity index is 2.78. The number of pyridine rings is 1. The van der Waals surface area contributed by atoms with Gasteiger partial charge in [0.15, 0.2) is 0 Å². The predicted molar refractivity (Wildman–Crippen MR) is 54.2 cm³/mol. The van der Waals surface area contributed by atoms with E-state index in [0.717, 1.165) is 16.3 Å². The highest BCUT2D eigenvalue weighted by molar-refractivity contribution is 5.89. The van der Waals surface area contributed by atoms with Gasteiger partial charge in [-0.25, -0.2) is 4.98 Å². The summed E-state index contributed by atoms with van der Waals surface area (Å²) in [5.41, 5.74) is 0.821. The lowest BCUT2D eigenvalue weighted by Crippen LogP contribution is -1.93. The van der Waals surface area contributed by atoms with E-state index in [1.807, 2.05) is 24.3 Å². The Morgan fingerprint density at radius 2 is 2.00 bits per heavy atom. The third-order valence-electron chi connectivity index (χ3n) is 2.20. The minimum Gasteiger partial charge on any atom is -0.481 e. The van der Waals surface area contributed by atoms with Gasteiger partial charge in [0.2, 0.25) is 5.88 Å². The zero-order valence-corrected chi connectivity index (χ0v) is 7.90. The first-order valence-electron chi connectivity index (χ1n) is 4.38. The second-order valence-electron chi connectivity index (χ2n) is 3.00. The fourth-order valence-electron chi connectivity index (χ4n) is 1.51. The summed E-state index contributed by atoms with van der Waals surface area (Å²) in [4.78, 5) is 4.11. The SMILES string of the molecule is COc1ncc(CO)c2ccccc12. The number of ether oxygens (including phenoxy) is 1. The average molecular weight is 189 g/mol. The van der Waals surface area contributed by atoms with Crippen molar-refractivity contribution in [2.24, 2.45) is 0 Å². The number of fused-ring (bicyclic) bond motifs is 1. The van der Waals surface area contributed by atoms with Crippen molar-refractivity contribution >= 4 is 10.8 Å². The van der Waals surface area contributed by atoms with E-state index in [-0.39, 0.29) is 6.61 Å². The molecule has 1 aromatic heterocycles. The van der Waals surface area contributed by atoms with Crippen LogP contribution in [0.25, 0.3) is 10.8 Å². The first-order valence-corrected chi connectivity index (χ1v) is 4.38. The fourth-order valence-corrected chi connectivity index (χ4v) is 1.51. The monoisotopic (exact) mass is 189 g/mol. The van der Waals surface area contributed by atoms with Crippen LogP contribution < -0.4 is 4.74 Å². The maximum Gasteiger partial charge on any atom is 0.221 e. The van der Waals surface area contributed by atoms with Gasteiger partial charge in [0.25, 0.3) is 0 Å². The van der Waals surface area contributed by atoms with Crippen LogP contribution in [0.3, 0.4) is 0 Å². The lowest BCUT2D eigenvalue weighted by Gasteiger charge is -2.06. The molecule has 2 aromatic rings. The molecular weight excluding hydrogens is 178 g/mol. The minimum atomic E-state index is -0.00247. The van der Waals surface area contributed by atoms with Crippen molar-refractivity contribution in [2.75, 3.05) is 7.11 Å². The maximum absolute atomic E-state index is 9.12. The quantitative estimate of drug-likeness (QED) is 0.782. The summed E-state index contributed by atoms with van der Waals surface area (Å²) in [7, 11) is 1.59. The number of hydrogen-bond donors (Lipinski definition) is 1. The summed E-state index contributed by atoms with van der Waals surface area (Å²) < 4.78 is 5.13. The van der Waals surface area contributed by atoms with Crippen LogP contribution in [0.4, 0.5) is 0 Å². The highest BCUT2D eigenvalue weighted by Crippen LogP contribution is 2.25. The summed E-state index contributed by atoms with van der Waals surface area (Å²) in [6.45, 7) is -0.00247. The molecule has 3 heteroatoms. The average Bonchev–Trinajstić information content (AvgIpc) is 2.27. The van der Waals surface area contributed by atoms with Gasteiger partial charge in [-0.15, -0.1) is 0 Å². The zero-order chi connectivity index (χ0) is 9.97. The molecule has 0 aliphatic heterocycles. The van der Waals surface area contributed by atoms with E-state index in [9.17, 15) is 0 Å². The Morgan fingerprint density at radius 3 is 2.64 bits per heavy atom. The van der Waals surface area contributed by atoms with E-state index in [0.29, 0.717) is 5.88 Å². The van der Waals surface area contributed by atoms with E-state index < -0.39 is 0 Å². The van der Waals surface area contributed by atoms with E-state index >= 15 is 0 Å². The van der Waals surface area contributed by atoms with Gasteiger partial charge in [-0.3, -0.25) is 0 Å². The van der Waals surface area contributed by atoms with Gasteiger partial charge in [0.05, 0.1) is 13.7 Å². The van der Waals surface area contributed by atoms with Crippen molar-refractivity contribution in [3.8, 4) is 5.88 Å². The Kier molecular flexibility index (Phi) is 2.33. The molecule has 3 nitrogen and oxygen atoms in total. The third kappa shape index (κ3) is 1.32. The van der Waals surface area contributed by atoms with Crippen LogP contribution in [0.2, 0.25) is 0 Å². The number of hydrogen-bond acceptors (Lipinski definition) is 3. The summed E-state index contributed by atoms with van der Waals surface area (Å²) in [6.07, 6.45) is 1.64. The molecule has 0 saturated heterocycles.